The summed E-state index contributed by atoms with van der Waals surface area (Å²) in [5.74, 6) is 0. The number of hydrogen-bond acceptors (Lipinski definition) is 4. The van der Waals surface area contributed by atoms with Crippen molar-refractivity contribution >= 4 is 21.6 Å². The number of ether oxygens (including phenoxy) is 1. The van der Waals surface area contributed by atoms with E-state index in [2.05, 4.69) is 28.2 Å². The highest BCUT2D eigenvalue weighted by Gasteiger charge is 2.27. The topological polar surface area (TPSA) is 64.4 Å². The zero-order valence-electron chi connectivity index (χ0n) is 11.5. The fourth-order valence-electron chi connectivity index (χ4n) is 2.40. The largest absolute Gasteiger partial charge is 0.381 e. The lowest BCUT2D eigenvalue weighted by atomic mass is 9.82. The monoisotopic (exact) mass is 342 g/mol. The zero-order chi connectivity index (χ0) is 14.6. The third kappa shape index (κ3) is 4.01. The Balaban J connectivity index is 1.95. The molecule has 1 aliphatic heterocycles. The number of halogens is 1. The van der Waals surface area contributed by atoms with Crippen molar-refractivity contribution < 1.29 is 9.66 Å². The van der Waals surface area contributed by atoms with Gasteiger partial charge in [-0.25, -0.2) is 0 Å². The van der Waals surface area contributed by atoms with E-state index >= 15 is 0 Å². The van der Waals surface area contributed by atoms with Gasteiger partial charge in [0.15, 0.2) is 0 Å². The van der Waals surface area contributed by atoms with Gasteiger partial charge in [-0.2, -0.15) is 0 Å². The van der Waals surface area contributed by atoms with Crippen LogP contribution in [0.3, 0.4) is 0 Å². The molecule has 1 fully saturated rings. The van der Waals surface area contributed by atoms with Crippen LogP contribution in [0.25, 0.3) is 0 Å². The van der Waals surface area contributed by atoms with Gasteiger partial charge in [-0.15, -0.1) is 0 Å². The van der Waals surface area contributed by atoms with Crippen LogP contribution in [0.4, 0.5) is 5.69 Å². The Morgan fingerprint density at radius 2 is 2.15 bits per heavy atom. The third-order valence-electron chi connectivity index (χ3n) is 3.81. The molecule has 0 aliphatic carbocycles. The fourth-order valence-corrected chi connectivity index (χ4v) is 2.75. The lowest BCUT2D eigenvalue weighted by Crippen LogP contribution is -2.36. The Morgan fingerprint density at radius 1 is 1.45 bits per heavy atom. The maximum Gasteiger partial charge on any atom is 0.275 e. The summed E-state index contributed by atoms with van der Waals surface area (Å²) in [4.78, 5) is 10.7. The van der Waals surface area contributed by atoms with Gasteiger partial charge in [0.1, 0.15) is 0 Å². The molecule has 0 unspecified atom stereocenters. The molecule has 1 aromatic rings. The predicted molar refractivity (Wildman–Crippen MR) is 80.7 cm³/mol. The third-order valence-corrected chi connectivity index (χ3v) is 4.30. The van der Waals surface area contributed by atoms with Crippen LogP contribution in [0.2, 0.25) is 0 Å². The van der Waals surface area contributed by atoms with Crippen molar-refractivity contribution in [1.82, 2.24) is 5.32 Å². The molecular weight excluding hydrogens is 324 g/mol. The van der Waals surface area contributed by atoms with Crippen molar-refractivity contribution in [3.05, 3.63) is 38.3 Å². The van der Waals surface area contributed by atoms with Gasteiger partial charge in [-0.3, -0.25) is 10.1 Å². The number of nitrogens with one attached hydrogen (secondary N) is 1. The summed E-state index contributed by atoms with van der Waals surface area (Å²) < 4.78 is 6.10. The molecule has 0 radical (unpaired) electrons. The second-order valence-corrected chi connectivity index (χ2v) is 6.47. The van der Waals surface area contributed by atoms with Crippen molar-refractivity contribution in [3.63, 3.8) is 0 Å². The average molecular weight is 343 g/mol. The molecule has 1 heterocycles. The number of benzene rings is 1. The predicted octanol–water partition coefficient (Wildman–Crippen LogP) is 3.26. The van der Waals surface area contributed by atoms with E-state index in [4.69, 9.17) is 4.74 Å². The number of nitro benzene ring substituents is 1. The molecule has 0 amide bonds. The number of rotatable bonds is 5. The molecule has 2 rings (SSSR count). The first-order chi connectivity index (χ1) is 9.50. The lowest BCUT2D eigenvalue weighted by molar-refractivity contribution is -0.385. The first kappa shape index (κ1) is 15.4. The van der Waals surface area contributed by atoms with E-state index in [1.807, 2.05) is 6.07 Å². The fraction of sp³-hybridized carbons (Fsp3) is 0.571. The van der Waals surface area contributed by atoms with Gasteiger partial charge < -0.3 is 10.1 Å². The summed E-state index contributed by atoms with van der Waals surface area (Å²) >= 11 is 3.27. The minimum Gasteiger partial charge on any atom is -0.381 e. The zero-order valence-corrected chi connectivity index (χ0v) is 13.1. The molecule has 1 aliphatic rings. The van der Waals surface area contributed by atoms with Gasteiger partial charge in [0.05, 0.1) is 4.92 Å². The molecule has 0 spiro atoms. The molecule has 0 bridgehead atoms. The molecule has 5 nitrogen and oxygen atoms in total. The number of nitro groups is 1. The molecular formula is C14H19BrN2O3. The molecule has 1 aromatic carbocycles. The van der Waals surface area contributed by atoms with Crippen LogP contribution in [0.5, 0.6) is 0 Å². The summed E-state index contributed by atoms with van der Waals surface area (Å²) in [5.41, 5.74) is 1.10. The van der Waals surface area contributed by atoms with Crippen LogP contribution in [-0.4, -0.2) is 24.7 Å². The van der Waals surface area contributed by atoms with Crippen LogP contribution in [-0.2, 0) is 11.3 Å². The van der Waals surface area contributed by atoms with Crippen molar-refractivity contribution in [1.29, 1.82) is 0 Å². The Kier molecular flexibility index (Phi) is 5.12. The smallest absolute Gasteiger partial charge is 0.275 e. The molecule has 1 saturated heterocycles. The Bertz CT molecular complexity index is 487. The minimum atomic E-state index is -0.335. The Labute approximate surface area is 127 Å². The van der Waals surface area contributed by atoms with Crippen molar-refractivity contribution in [2.45, 2.75) is 26.3 Å². The van der Waals surface area contributed by atoms with Gasteiger partial charge in [0, 0.05) is 42.4 Å². The molecule has 110 valence electrons. The van der Waals surface area contributed by atoms with Crippen LogP contribution >= 0.6 is 15.9 Å². The standard InChI is InChI=1S/C14H19BrN2O3/c1-14(4-6-20-7-5-14)10-16-9-11-2-3-12(15)8-13(11)17(18)19/h2-3,8,16H,4-7,9-10H2,1H3. The van der Waals surface area contributed by atoms with Crippen LogP contribution in [0, 0.1) is 15.5 Å². The maximum atomic E-state index is 11.0. The van der Waals surface area contributed by atoms with E-state index in [-0.39, 0.29) is 16.0 Å². The highest BCUT2D eigenvalue weighted by Crippen LogP contribution is 2.29. The summed E-state index contributed by atoms with van der Waals surface area (Å²) in [5, 5.41) is 14.4. The van der Waals surface area contributed by atoms with Crippen molar-refractivity contribution in [2.75, 3.05) is 19.8 Å². The molecule has 0 atom stereocenters. The van der Waals surface area contributed by atoms with E-state index in [1.165, 1.54) is 0 Å². The minimum absolute atomic E-state index is 0.156. The van der Waals surface area contributed by atoms with Crippen LogP contribution in [0.1, 0.15) is 25.3 Å². The second-order valence-electron chi connectivity index (χ2n) is 5.56. The van der Waals surface area contributed by atoms with Crippen molar-refractivity contribution in [3.8, 4) is 0 Å². The first-order valence-electron chi connectivity index (χ1n) is 6.71. The molecule has 0 aromatic heterocycles. The van der Waals surface area contributed by atoms with Gasteiger partial charge >= 0.3 is 0 Å². The quantitative estimate of drug-likeness (QED) is 0.658. The average Bonchev–Trinajstić information content (AvgIpc) is 2.41. The van der Waals surface area contributed by atoms with Crippen LogP contribution in [0.15, 0.2) is 22.7 Å². The van der Waals surface area contributed by atoms with Crippen molar-refractivity contribution in [2.24, 2.45) is 5.41 Å². The Morgan fingerprint density at radius 3 is 2.80 bits per heavy atom. The molecule has 1 N–H and O–H groups in total. The first-order valence-corrected chi connectivity index (χ1v) is 7.51. The summed E-state index contributed by atoms with van der Waals surface area (Å²) in [6, 6.07) is 5.18. The van der Waals surface area contributed by atoms with E-state index in [1.54, 1.807) is 12.1 Å². The van der Waals surface area contributed by atoms with Gasteiger partial charge in [0.25, 0.3) is 5.69 Å². The van der Waals surface area contributed by atoms with E-state index < -0.39 is 0 Å². The lowest BCUT2D eigenvalue weighted by Gasteiger charge is -2.33. The number of nitrogens with zero attached hydrogens (tertiary/aromatic N) is 1. The number of hydrogen-bond donors (Lipinski definition) is 1. The van der Waals surface area contributed by atoms with Gasteiger partial charge in [-0.1, -0.05) is 22.9 Å². The SMILES string of the molecule is CC1(CNCc2ccc(Br)cc2[N+](=O)[O-])CCOCC1. The normalized spacial score (nSPS) is 17.9. The summed E-state index contributed by atoms with van der Waals surface area (Å²) in [6.45, 7) is 5.20. The van der Waals surface area contributed by atoms with E-state index in [0.717, 1.165) is 37.1 Å². The van der Waals surface area contributed by atoms with Gasteiger partial charge in [-0.05, 0) is 30.4 Å². The van der Waals surface area contributed by atoms with E-state index in [9.17, 15) is 10.1 Å². The van der Waals surface area contributed by atoms with E-state index in [0.29, 0.717) is 12.1 Å². The molecule has 0 saturated carbocycles. The maximum absolute atomic E-state index is 11.0. The highest BCUT2D eigenvalue weighted by molar-refractivity contribution is 9.10. The van der Waals surface area contributed by atoms with Gasteiger partial charge in [0.2, 0.25) is 0 Å². The summed E-state index contributed by atoms with van der Waals surface area (Å²) in [7, 11) is 0. The second kappa shape index (κ2) is 6.65. The van der Waals surface area contributed by atoms with Crippen LogP contribution < -0.4 is 5.32 Å². The highest BCUT2D eigenvalue weighted by atomic mass is 79.9. The Hall–Kier alpha value is -0.980. The summed E-state index contributed by atoms with van der Waals surface area (Å²) in [6.07, 6.45) is 2.06. The molecule has 6 heteroatoms. The molecule has 20 heavy (non-hydrogen) atoms.